The van der Waals surface area contributed by atoms with Crippen molar-refractivity contribution in [2.45, 2.75) is 31.8 Å². The predicted octanol–water partition coefficient (Wildman–Crippen LogP) is 4.42. The van der Waals surface area contributed by atoms with Gasteiger partial charge in [0.15, 0.2) is 0 Å². The number of benzene rings is 2. The van der Waals surface area contributed by atoms with Gasteiger partial charge in [0.25, 0.3) is 0 Å². The standard InChI is InChI=1S/C24H25F2N3O/c1-16-14-18(8-12-21(16)26)22(13-11-20-10-9-19(25)15-28-20)29-23(24(30)27-2)17-6-4-3-5-7-17/h3-10,12,14-15,22-23,29H,11,13H2,1-2H3,(H,27,30)/t22-,23+/m0/s1. The normalized spacial score (nSPS) is 12.9. The van der Waals surface area contributed by atoms with Crippen molar-refractivity contribution in [3.05, 3.63) is 101 Å². The molecular formula is C24H25F2N3O. The largest absolute Gasteiger partial charge is 0.358 e. The minimum absolute atomic E-state index is 0.162. The number of hydrogen-bond acceptors (Lipinski definition) is 3. The molecule has 0 fully saturated rings. The summed E-state index contributed by atoms with van der Waals surface area (Å²) >= 11 is 0. The Morgan fingerprint density at radius 2 is 1.80 bits per heavy atom. The van der Waals surface area contributed by atoms with E-state index in [9.17, 15) is 13.6 Å². The lowest BCUT2D eigenvalue weighted by Gasteiger charge is -2.26. The van der Waals surface area contributed by atoms with Crippen LogP contribution in [0.1, 0.15) is 40.9 Å². The summed E-state index contributed by atoms with van der Waals surface area (Å²) in [7, 11) is 1.60. The molecule has 2 atom stereocenters. The maximum atomic E-state index is 13.8. The fourth-order valence-electron chi connectivity index (χ4n) is 3.39. The molecule has 0 bridgehead atoms. The van der Waals surface area contributed by atoms with Crippen molar-refractivity contribution in [1.82, 2.24) is 15.6 Å². The molecular weight excluding hydrogens is 384 g/mol. The number of pyridine rings is 1. The van der Waals surface area contributed by atoms with Crippen LogP contribution in [0.4, 0.5) is 8.78 Å². The van der Waals surface area contributed by atoms with E-state index in [1.165, 1.54) is 18.3 Å². The van der Waals surface area contributed by atoms with Gasteiger partial charge in [0.2, 0.25) is 5.91 Å². The van der Waals surface area contributed by atoms with E-state index in [2.05, 4.69) is 15.6 Å². The summed E-state index contributed by atoms with van der Waals surface area (Å²) in [5, 5.41) is 6.13. The Hall–Kier alpha value is -3.12. The van der Waals surface area contributed by atoms with Crippen LogP contribution >= 0.6 is 0 Å². The van der Waals surface area contributed by atoms with Crippen molar-refractivity contribution in [3.8, 4) is 0 Å². The number of amides is 1. The van der Waals surface area contributed by atoms with Crippen molar-refractivity contribution in [2.24, 2.45) is 0 Å². The Kier molecular flexibility index (Phi) is 7.25. The van der Waals surface area contributed by atoms with Crippen LogP contribution in [0.2, 0.25) is 0 Å². The van der Waals surface area contributed by atoms with Crippen molar-refractivity contribution in [2.75, 3.05) is 7.05 Å². The highest BCUT2D eigenvalue weighted by molar-refractivity contribution is 5.83. The second kappa shape index (κ2) is 10.1. The van der Waals surface area contributed by atoms with E-state index in [-0.39, 0.29) is 23.6 Å². The van der Waals surface area contributed by atoms with Crippen LogP contribution in [0, 0.1) is 18.6 Å². The molecule has 4 nitrogen and oxygen atoms in total. The lowest BCUT2D eigenvalue weighted by molar-refractivity contribution is -0.123. The molecule has 0 radical (unpaired) electrons. The predicted molar refractivity (Wildman–Crippen MR) is 113 cm³/mol. The zero-order chi connectivity index (χ0) is 21.5. The fourth-order valence-corrected chi connectivity index (χ4v) is 3.39. The van der Waals surface area contributed by atoms with Gasteiger partial charge < -0.3 is 5.32 Å². The summed E-state index contributed by atoms with van der Waals surface area (Å²) < 4.78 is 27.0. The first kappa shape index (κ1) is 21.6. The molecule has 0 spiro atoms. The molecule has 2 N–H and O–H groups in total. The molecule has 0 aliphatic carbocycles. The highest BCUT2D eigenvalue weighted by Crippen LogP contribution is 2.26. The van der Waals surface area contributed by atoms with E-state index < -0.39 is 6.04 Å². The molecule has 0 saturated carbocycles. The molecule has 1 heterocycles. The Balaban J connectivity index is 1.89. The number of aromatic nitrogens is 1. The second-order valence-corrected chi connectivity index (χ2v) is 7.19. The van der Waals surface area contributed by atoms with Crippen molar-refractivity contribution < 1.29 is 13.6 Å². The van der Waals surface area contributed by atoms with E-state index in [4.69, 9.17) is 0 Å². The van der Waals surface area contributed by atoms with Crippen molar-refractivity contribution in [3.63, 3.8) is 0 Å². The van der Waals surface area contributed by atoms with Gasteiger partial charge >= 0.3 is 0 Å². The molecule has 3 aromatic rings. The van der Waals surface area contributed by atoms with Crippen molar-refractivity contribution >= 4 is 5.91 Å². The molecule has 156 valence electrons. The third-order valence-electron chi connectivity index (χ3n) is 5.07. The van der Waals surface area contributed by atoms with Crippen LogP contribution in [0.5, 0.6) is 0 Å². The summed E-state index contributed by atoms with van der Waals surface area (Å²) in [6.07, 6.45) is 2.37. The van der Waals surface area contributed by atoms with Crippen LogP contribution in [0.25, 0.3) is 0 Å². The van der Waals surface area contributed by atoms with Gasteiger partial charge in [-0.3, -0.25) is 15.1 Å². The van der Waals surface area contributed by atoms with Crippen LogP contribution < -0.4 is 10.6 Å². The van der Waals surface area contributed by atoms with E-state index in [1.54, 1.807) is 32.2 Å². The minimum atomic E-state index is -0.576. The van der Waals surface area contributed by atoms with Crippen LogP contribution in [0.3, 0.4) is 0 Å². The number of likely N-dealkylation sites (N-methyl/N-ethyl adjacent to an activating group) is 1. The Bertz CT molecular complexity index is 978. The van der Waals surface area contributed by atoms with Gasteiger partial charge in [-0.2, -0.15) is 0 Å². The molecule has 0 aliphatic heterocycles. The Labute approximate surface area is 175 Å². The lowest BCUT2D eigenvalue weighted by atomic mass is 9.96. The first-order valence-electron chi connectivity index (χ1n) is 9.87. The zero-order valence-corrected chi connectivity index (χ0v) is 17.0. The highest BCUT2D eigenvalue weighted by Gasteiger charge is 2.24. The summed E-state index contributed by atoms with van der Waals surface area (Å²) in [5.41, 5.74) is 3.00. The SMILES string of the molecule is CNC(=O)[C@H](N[C@@H](CCc1ccc(F)cn1)c1ccc(F)c(C)c1)c1ccccc1. The molecule has 0 unspecified atom stereocenters. The number of carbonyl (C=O) groups excluding carboxylic acids is 1. The smallest absolute Gasteiger partial charge is 0.241 e. The van der Waals surface area contributed by atoms with Crippen molar-refractivity contribution in [1.29, 1.82) is 0 Å². The van der Waals surface area contributed by atoms with E-state index in [1.807, 2.05) is 30.3 Å². The molecule has 0 aliphatic rings. The van der Waals surface area contributed by atoms with E-state index in [0.717, 1.165) is 16.8 Å². The van der Waals surface area contributed by atoms with Gasteiger partial charge in [0.05, 0.1) is 6.20 Å². The topological polar surface area (TPSA) is 54.0 Å². The average Bonchev–Trinajstić information content (AvgIpc) is 2.77. The quantitative estimate of drug-likeness (QED) is 0.579. The van der Waals surface area contributed by atoms with Crippen LogP contribution in [-0.2, 0) is 11.2 Å². The average molecular weight is 409 g/mol. The van der Waals surface area contributed by atoms with Crippen LogP contribution in [0.15, 0.2) is 66.9 Å². The lowest BCUT2D eigenvalue weighted by Crippen LogP contribution is -2.38. The van der Waals surface area contributed by atoms with E-state index >= 15 is 0 Å². The summed E-state index contributed by atoms with van der Waals surface area (Å²) in [6, 6.07) is 16.6. The van der Waals surface area contributed by atoms with Gasteiger partial charge in [-0.1, -0.05) is 42.5 Å². The molecule has 1 amide bonds. The molecule has 2 aromatic carbocycles. The monoisotopic (exact) mass is 409 g/mol. The number of halogens is 2. The first-order chi connectivity index (χ1) is 14.5. The minimum Gasteiger partial charge on any atom is -0.358 e. The van der Waals surface area contributed by atoms with Crippen LogP contribution in [-0.4, -0.2) is 17.9 Å². The Morgan fingerprint density at radius 1 is 1.03 bits per heavy atom. The number of aryl methyl sites for hydroxylation is 2. The third kappa shape index (κ3) is 5.48. The molecule has 3 rings (SSSR count). The van der Waals surface area contributed by atoms with Gasteiger partial charge in [-0.15, -0.1) is 0 Å². The summed E-state index contributed by atoms with van der Waals surface area (Å²) in [4.78, 5) is 16.7. The van der Waals surface area contributed by atoms with Gasteiger partial charge in [-0.25, -0.2) is 8.78 Å². The first-order valence-corrected chi connectivity index (χ1v) is 9.87. The number of nitrogens with zero attached hydrogens (tertiary/aromatic N) is 1. The number of hydrogen-bond donors (Lipinski definition) is 2. The summed E-state index contributed by atoms with van der Waals surface area (Å²) in [5.74, 6) is -0.820. The fraction of sp³-hybridized carbons (Fsp3) is 0.250. The Morgan fingerprint density at radius 3 is 2.43 bits per heavy atom. The molecule has 1 aromatic heterocycles. The van der Waals surface area contributed by atoms with Gasteiger partial charge in [0.1, 0.15) is 17.7 Å². The number of nitrogens with one attached hydrogen (secondary N) is 2. The highest BCUT2D eigenvalue weighted by atomic mass is 19.1. The maximum absolute atomic E-state index is 13.8. The second-order valence-electron chi connectivity index (χ2n) is 7.19. The zero-order valence-electron chi connectivity index (χ0n) is 17.0. The van der Waals surface area contributed by atoms with Gasteiger partial charge in [-0.05, 0) is 54.7 Å². The third-order valence-corrected chi connectivity index (χ3v) is 5.07. The number of rotatable bonds is 8. The van der Waals surface area contributed by atoms with Gasteiger partial charge in [0, 0.05) is 18.8 Å². The molecule has 0 saturated heterocycles. The van der Waals surface area contributed by atoms with E-state index in [0.29, 0.717) is 18.4 Å². The molecule has 6 heteroatoms. The molecule has 30 heavy (non-hydrogen) atoms. The maximum Gasteiger partial charge on any atom is 0.241 e. The summed E-state index contributed by atoms with van der Waals surface area (Å²) in [6.45, 7) is 1.71. The number of carbonyl (C=O) groups is 1.